The highest BCUT2D eigenvalue weighted by atomic mass is 19.4. The minimum atomic E-state index is -5.08. The third kappa shape index (κ3) is 5.14. The van der Waals surface area contributed by atoms with Crippen molar-refractivity contribution in [2.45, 2.75) is 63.6 Å². The van der Waals surface area contributed by atoms with Crippen LogP contribution in [-0.2, 0) is 11.2 Å². The predicted octanol–water partition coefficient (Wildman–Crippen LogP) is 4.61. The summed E-state index contributed by atoms with van der Waals surface area (Å²) in [4.78, 5) is 15.9. The van der Waals surface area contributed by atoms with Crippen molar-refractivity contribution in [3.8, 4) is 5.95 Å². The number of halogens is 5. The molecule has 1 saturated heterocycles. The monoisotopic (exact) mass is 501 g/mol. The van der Waals surface area contributed by atoms with Gasteiger partial charge in [-0.05, 0) is 62.5 Å². The molecule has 0 amide bonds. The van der Waals surface area contributed by atoms with Crippen molar-refractivity contribution in [2.24, 2.45) is 0 Å². The van der Waals surface area contributed by atoms with Crippen LogP contribution >= 0.6 is 0 Å². The smallest absolute Gasteiger partial charge is 0.475 e. The molecule has 8 nitrogen and oxygen atoms in total. The first-order chi connectivity index (χ1) is 16.6. The molecule has 13 heteroatoms. The number of nitrogens with zero attached hydrogens (tertiary/aromatic N) is 5. The third-order valence-corrected chi connectivity index (χ3v) is 6.48. The first-order valence-electron chi connectivity index (χ1n) is 11.3. The van der Waals surface area contributed by atoms with E-state index in [2.05, 4.69) is 20.1 Å². The highest BCUT2D eigenvalue weighted by Gasteiger charge is 2.38. The van der Waals surface area contributed by atoms with Gasteiger partial charge < -0.3 is 14.5 Å². The highest BCUT2D eigenvalue weighted by molar-refractivity contribution is 5.83. The average Bonchev–Trinajstić information content (AvgIpc) is 3.40. The van der Waals surface area contributed by atoms with Crippen LogP contribution in [0, 0.1) is 11.6 Å². The number of hydrogen-bond acceptors (Lipinski definition) is 6. The maximum Gasteiger partial charge on any atom is 0.490 e. The van der Waals surface area contributed by atoms with Gasteiger partial charge >= 0.3 is 12.1 Å². The summed E-state index contributed by atoms with van der Waals surface area (Å²) in [6.07, 6.45) is 1.42. The maximum atomic E-state index is 14.5. The van der Waals surface area contributed by atoms with Crippen LogP contribution in [0.15, 0.2) is 16.7 Å². The summed E-state index contributed by atoms with van der Waals surface area (Å²) < 4.78 is 66.8. The predicted molar refractivity (Wildman–Crippen MR) is 113 cm³/mol. The summed E-state index contributed by atoms with van der Waals surface area (Å²) in [6, 6.07) is 3.42. The van der Waals surface area contributed by atoms with Crippen molar-refractivity contribution < 1.29 is 36.4 Å². The Hall–Kier alpha value is -3.09. The van der Waals surface area contributed by atoms with Crippen LogP contribution in [0.4, 0.5) is 22.0 Å². The van der Waals surface area contributed by atoms with E-state index in [-0.39, 0.29) is 17.4 Å². The van der Waals surface area contributed by atoms with Gasteiger partial charge in [0.1, 0.15) is 5.52 Å². The number of aromatic nitrogens is 4. The Morgan fingerprint density at radius 2 is 1.83 bits per heavy atom. The van der Waals surface area contributed by atoms with E-state index < -0.39 is 23.8 Å². The molecule has 35 heavy (non-hydrogen) atoms. The molecular formula is C22H24F5N5O3. The molecule has 1 aliphatic heterocycles. The number of rotatable bonds is 4. The Balaban J connectivity index is 0.000000364. The molecule has 1 saturated carbocycles. The second kappa shape index (κ2) is 9.88. The molecule has 0 radical (unpaired) electrons. The summed E-state index contributed by atoms with van der Waals surface area (Å²) in [6.45, 7) is 4.00. The zero-order valence-electron chi connectivity index (χ0n) is 18.9. The van der Waals surface area contributed by atoms with E-state index in [1.54, 1.807) is 6.07 Å². The fourth-order valence-electron chi connectivity index (χ4n) is 4.35. The number of carboxylic acid groups (broad SMARTS) is 1. The van der Waals surface area contributed by atoms with Crippen molar-refractivity contribution in [2.75, 3.05) is 13.1 Å². The zero-order chi connectivity index (χ0) is 25.3. The van der Waals surface area contributed by atoms with Crippen LogP contribution in [-0.4, -0.2) is 61.2 Å². The van der Waals surface area contributed by atoms with E-state index in [1.807, 2.05) is 6.92 Å². The number of piperidine rings is 1. The van der Waals surface area contributed by atoms with Gasteiger partial charge in [0, 0.05) is 17.3 Å². The quantitative estimate of drug-likeness (QED) is 0.522. The third-order valence-electron chi connectivity index (χ3n) is 6.48. The van der Waals surface area contributed by atoms with E-state index in [0.717, 1.165) is 38.0 Å². The van der Waals surface area contributed by atoms with Gasteiger partial charge in [0.2, 0.25) is 5.89 Å². The molecule has 0 bridgehead atoms. The first kappa shape index (κ1) is 25.0. The normalized spacial score (nSPS) is 17.8. The van der Waals surface area contributed by atoms with Gasteiger partial charge in [0.05, 0.1) is 5.69 Å². The van der Waals surface area contributed by atoms with Gasteiger partial charge in [-0.25, -0.2) is 13.6 Å². The Labute approximate surface area is 196 Å². The van der Waals surface area contributed by atoms with Gasteiger partial charge in [0.25, 0.3) is 5.95 Å². The van der Waals surface area contributed by atoms with Crippen LogP contribution in [0.2, 0.25) is 0 Å². The Morgan fingerprint density at radius 1 is 1.17 bits per heavy atom. The molecule has 3 heterocycles. The Kier molecular flexibility index (Phi) is 7.06. The molecule has 2 fully saturated rings. The second-order valence-electron chi connectivity index (χ2n) is 8.60. The Bertz CT molecular complexity index is 1200. The van der Waals surface area contributed by atoms with E-state index in [4.69, 9.17) is 14.4 Å². The molecule has 0 spiro atoms. The number of alkyl halides is 3. The van der Waals surface area contributed by atoms with Crippen LogP contribution in [0.5, 0.6) is 0 Å². The molecule has 1 aromatic carbocycles. The van der Waals surface area contributed by atoms with Gasteiger partial charge in [-0.2, -0.15) is 27.9 Å². The summed E-state index contributed by atoms with van der Waals surface area (Å²) >= 11 is 0. The summed E-state index contributed by atoms with van der Waals surface area (Å²) in [5.74, 6) is -3.69. The fraction of sp³-hybridized carbons (Fsp3) is 0.545. The molecule has 5 rings (SSSR count). The maximum absolute atomic E-state index is 14.5. The molecule has 2 aromatic heterocycles. The fourth-order valence-corrected chi connectivity index (χ4v) is 4.35. The number of aryl methyl sites for hydroxylation is 1. The van der Waals surface area contributed by atoms with E-state index in [0.29, 0.717) is 23.4 Å². The van der Waals surface area contributed by atoms with Crippen molar-refractivity contribution in [3.05, 3.63) is 35.4 Å². The van der Waals surface area contributed by atoms with Gasteiger partial charge in [-0.1, -0.05) is 13.3 Å². The summed E-state index contributed by atoms with van der Waals surface area (Å²) in [7, 11) is 0. The minimum absolute atomic E-state index is 0.0593. The number of carboxylic acids is 1. The lowest BCUT2D eigenvalue weighted by atomic mass is 9.88. The zero-order valence-corrected chi connectivity index (χ0v) is 18.9. The molecule has 3 aromatic rings. The Morgan fingerprint density at radius 3 is 2.37 bits per heavy atom. The van der Waals surface area contributed by atoms with E-state index in [9.17, 15) is 22.0 Å². The topological polar surface area (TPSA) is 97.3 Å². The lowest BCUT2D eigenvalue weighted by Gasteiger charge is -2.41. The minimum Gasteiger partial charge on any atom is -0.475 e. The molecule has 0 atom stereocenters. The lowest BCUT2D eigenvalue weighted by Crippen LogP contribution is -2.44. The van der Waals surface area contributed by atoms with Crippen LogP contribution in [0.1, 0.15) is 56.5 Å². The van der Waals surface area contributed by atoms with Gasteiger partial charge in [-0.15, -0.1) is 0 Å². The average molecular weight is 501 g/mol. The van der Waals surface area contributed by atoms with E-state index >= 15 is 0 Å². The molecule has 190 valence electrons. The number of likely N-dealkylation sites (tertiary alicyclic amines) is 1. The largest absolute Gasteiger partial charge is 0.490 e. The molecular weight excluding hydrogens is 477 g/mol. The highest BCUT2D eigenvalue weighted by Crippen LogP contribution is 2.33. The van der Waals surface area contributed by atoms with Gasteiger partial charge in [-0.3, -0.25) is 0 Å². The molecule has 2 aliphatic rings. The molecule has 0 unspecified atom stereocenters. The number of carbonyl (C=O) groups is 1. The number of benzene rings is 1. The van der Waals surface area contributed by atoms with Crippen molar-refractivity contribution in [1.29, 1.82) is 0 Å². The lowest BCUT2D eigenvalue weighted by molar-refractivity contribution is -0.192. The summed E-state index contributed by atoms with van der Waals surface area (Å²) in [5.41, 5.74) is 0.734. The summed E-state index contributed by atoms with van der Waals surface area (Å²) in [5, 5.41) is 16.1. The first-order valence-corrected chi connectivity index (χ1v) is 11.3. The van der Waals surface area contributed by atoms with Crippen molar-refractivity contribution in [3.63, 3.8) is 0 Å². The SMILES string of the molecule is CCc1nn(-c2noc(C3CCN(C4CCC4)CC3)n2)c2c(F)c(F)ccc12.O=C(O)C(F)(F)F. The second-order valence-corrected chi connectivity index (χ2v) is 8.60. The molecule has 1 N–H and O–H groups in total. The van der Waals surface area contributed by atoms with Crippen LogP contribution < -0.4 is 0 Å². The number of fused-ring (bicyclic) bond motifs is 1. The van der Waals surface area contributed by atoms with Crippen LogP contribution in [0.25, 0.3) is 16.9 Å². The van der Waals surface area contributed by atoms with Gasteiger partial charge in [0.15, 0.2) is 11.6 Å². The number of aliphatic carboxylic acids is 1. The van der Waals surface area contributed by atoms with Crippen molar-refractivity contribution in [1.82, 2.24) is 24.8 Å². The molecule has 1 aliphatic carbocycles. The standard InChI is InChI=1S/C20H23F2N5O.C2HF3O2/c1-2-16-14-6-7-15(21)17(22)18(14)27(24-16)20-23-19(28-25-20)12-8-10-26(11-9-12)13-4-3-5-13;3-2(4,5)1(6)7/h6-7,12-13H,2-5,8-11H2,1H3;(H,6,7). The van der Waals surface area contributed by atoms with Crippen molar-refractivity contribution >= 4 is 16.9 Å². The van der Waals surface area contributed by atoms with E-state index in [1.165, 1.54) is 23.9 Å². The number of hydrogen-bond donors (Lipinski definition) is 1. The van der Waals surface area contributed by atoms with Crippen LogP contribution in [0.3, 0.4) is 0 Å².